The lowest BCUT2D eigenvalue weighted by Crippen LogP contribution is -2.06. The number of hydrogen-bond acceptors (Lipinski definition) is 3. The molecule has 0 aliphatic heterocycles. The first kappa shape index (κ1) is 8.93. The third kappa shape index (κ3) is 1.13. The van der Waals surface area contributed by atoms with Crippen molar-refractivity contribution in [3.8, 4) is 5.82 Å². The molecule has 0 aliphatic carbocycles. The molecular formula is C9H13N5. The Labute approximate surface area is 82.4 Å². The lowest BCUT2D eigenvalue weighted by Gasteiger charge is -2.02. The molecule has 0 aliphatic rings. The zero-order valence-corrected chi connectivity index (χ0v) is 8.81. The molecule has 2 aromatic heterocycles. The van der Waals surface area contributed by atoms with Gasteiger partial charge in [-0.25, -0.2) is 9.36 Å². The molecule has 74 valence electrons. The van der Waals surface area contributed by atoms with Crippen molar-refractivity contribution in [2.75, 3.05) is 0 Å². The van der Waals surface area contributed by atoms with E-state index in [1.165, 1.54) is 5.56 Å². The zero-order valence-electron chi connectivity index (χ0n) is 8.81. The van der Waals surface area contributed by atoms with E-state index in [0.29, 0.717) is 0 Å². The highest BCUT2D eigenvalue weighted by Crippen LogP contribution is 2.14. The highest BCUT2D eigenvalue weighted by Gasteiger charge is 2.11. The topological polar surface area (TPSA) is 48.5 Å². The molecule has 0 N–H and O–H groups in total. The van der Waals surface area contributed by atoms with Gasteiger partial charge in [0.2, 0.25) is 0 Å². The molecule has 0 bridgehead atoms. The first-order valence-electron chi connectivity index (χ1n) is 4.49. The minimum absolute atomic E-state index is 0.888. The Kier molecular flexibility index (Phi) is 1.87. The van der Waals surface area contributed by atoms with E-state index < -0.39 is 0 Å². The van der Waals surface area contributed by atoms with Crippen molar-refractivity contribution >= 4 is 0 Å². The standard InChI is InChI=1S/C9H13N5/c1-6-7(2)11-14(8(6)3)9-5-10-12-13(9)4/h5H,1-4H3. The zero-order chi connectivity index (χ0) is 10.3. The molecule has 0 saturated heterocycles. The molecule has 2 aromatic rings. The maximum atomic E-state index is 4.43. The number of nitrogens with zero attached hydrogens (tertiary/aromatic N) is 5. The van der Waals surface area contributed by atoms with Gasteiger partial charge in [0.25, 0.3) is 0 Å². The highest BCUT2D eigenvalue weighted by atomic mass is 15.5. The summed E-state index contributed by atoms with van der Waals surface area (Å²) in [5.41, 5.74) is 3.39. The van der Waals surface area contributed by atoms with E-state index in [2.05, 4.69) is 22.3 Å². The van der Waals surface area contributed by atoms with Crippen molar-refractivity contribution < 1.29 is 0 Å². The average molecular weight is 191 g/mol. The van der Waals surface area contributed by atoms with Gasteiger partial charge in [-0.3, -0.25) is 0 Å². The minimum atomic E-state index is 0.888. The number of hydrogen-bond donors (Lipinski definition) is 0. The normalized spacial score (nSPS) is 10.9. The van der Waals surface area contributed by atoms with E-state index in [4.69, 9.17) is 0 Å². The lowest BCUT2D eigenvalue weighted by molar-refractivity contribution is 0.663. The van der Waals surface area contributed by atoms with Crippen LogP contribution in [-0.4, -0.2) is 24.8 Å². The summed E-state index contributed by atoms with van der Waals surface area (Å²) in [5, 5.41) is 12.1. The van der Waals surface area contributed by atoms with E-state index >= 15 is 0 Å². The molecule has 0 radical (unpaired) electrons. The van der Waals surface area contributed by atoms with Crippen LogP contribution >= 0.6 is 0 Å². The van der Waals surface area contributed by atoms with Crippen molar-refractivity contribution in [3.63, 3.8) is 0 Å². The summed E-state index contributed by atoms with van der Waals surface area (Å²) in [5.74, 6) is 0.888. The second-order valence-electron chi connectivity index (χ2n) is 3.42. The first-order valence-corrected chi connectivity index (χ1v) is 4.49. The Hall–Kier alpha value is -1.65. The van der Waals surface area contributed by atoms with E-state index in [1.807, 2.05) is 25.6 Å². The Balaban J connectivity index is 2.63. The van der Waals surface area contributed by atoms with Gasteiger partial charge >= 0.3 is 0 Å². The third-order valence-electron chi connectivity index (χ3n) is 2.56. The molecule has 5 heteroatoms. The Morgan fingerprint density at radius 3 is 2.36 bits per heavy atom. The van der Waals surface area contributed by atoms with Crippen LogP contribution in [0.15, 0.2) is 6.20 Å². The Bertz CT molecular complexity index is 466. The average Bonchev–Trinajstić information content (AvgIpc) is 2.66. The Morgan fingerprint density at radius 2 is 1.93 bits per heavy atom. The van der Waals surface area contributed by atoms with Crippen LogP contribution in [0, 0.1) is 20.8 Å². The second kappa shape index (κ2) is 2.94. The maximum absolute atomic E-state index is 4.43. The highest BCUT2D eigenvalue weighted by molar-refractivity contribution is 5.29. The molecule has 0 atom stereocenters. The second-order valence-corrected chi connectivity index (χ2v) is 3.42. The van der Waals surface area contributed by atoms with Crippen molar-refractivity contribution in [2.24, 2.45) is 7.05 Å². The van der Waals surface area contributed by atoms with Crippen LogP contribution in [0.2, 0.25) is 0 Å². The molecule has 0 unspecified atom stereocenters. The van der Waals surface area contributed by atoms with Gasteiger partial charge in [0, 0.05) is 12.7 Å². The van der Waals surface area contributed by atoms with Crippen LogP contribution in [0.4, 0.5) is 0 Å². The quantitative estimate of drug-likeness (QED) is 0.673. The number of aromatic nitrogens is 5. The van der Waals surface area contributed by atoms with Gasteiger partial charge in [-0.05, 0) is 26.3 Å². The maximum Gasteiger partial charge on any atom is 0.172 e. The SMILES string of the molecule is Cc1nn(-c2cnnn2C)c(C)c1C. The summed E-state index contributed by atoms with van der Waals surface area (Å²) in [6, 6.07) is 0. The number of aryl methyl sites for hydroxylation is 2. The van der Waals surface area contributed by atoms with Gasteiger partial charge in [0.05, 0.1) is 11.9 Å². The molecule has 2 heterocycles. The van der Waals surface area contributed by atoms with E-state index in [0.717, 1.165) is 17.2 Å². The smallest absolute Gasteiger partial charge is 0.172 e. The molecule has 14 heavy (non-hydrogen) atoms. The monoisotopic (exact) mass is 191 g/mol. The fourth-order valence-electron chi connectivity index (χ4n) is 1.42. The summed E-state index contributed by atoms with van der Waals surface area (Å²) in [4.78, 5) is 0. The van der Waals surface area contributed by atoms with Gasteiger partial charge < -0.3 is 0 Å². The molecule has 0 spiro atoms. The molecule has 5 nitrogen and oxygen atoms in total. The largest absolute Gasteiger partial charge is 0.231 e. The van der Waals surface area contributed by atoms with Crippen molar-refractivity contribution in [3.05, 3.63) is 23.1 Å². The molecule has 0 aromatic carbocycles. The van der Waals surface area contributed by atoms with E-state index in [1.54, 1.807) is 10.9 Å². The van der Waals surface area contributed by atoms with E-state index in [-0.39, 0.29) is 0 Å². The van der Waals surface area contributed by atoms with Crippen molar-refractivity contribution in [1.82, 2.24) is 24.8 Å². The van der Waals surface area contributed by atoms with Crippen LogP contribution < -0.4 is 0 Å². The van der Waals surface area contributed by atoms with Crippen LogP contribution in [0.25, 0.3) is 5.82 Å². The predicted molar refractivity (Wildman–Crippen MR) is 52.3 cm³/mol. The van der Waals surface area contributed by atoms with Crippen molar-refractivity contribution in [2.45, 2.75) is 20.8 Å². The van der Waals surface area contributed by atoms with Gasteiger partial charge in [-0.15, -0.1) is 5.10 Å². The van der Waals surface area contributed by atoms with Gasteiger partial charge in [0.15, 0.2) is 5.82 Å². The molecule has 2 rings (SSSR count). The van der Waals surface area contributed by atoms with Crippen LogP contribution in [0.1, 0.15) is 17.0 Å². The molecule has 0 fully saturated rings. The van der Waals surface area contributed by atoms with Crippen LogP contribution in [-0.2, 0) is 7.05 Å². The van der Waals surface area contributed by atoms with Gasteiger partial charge in [-0.1, -0.05) is 5.21 Å². The van der Waals surface area contributed by atoms with Gasteiger partial charge in [-0.2, -0.15) is 5.10 Å². The van der Waals surface area contributed by atoms with Crippen molar-refractivity contribution in [1.29, 1.82) is 0 Å². The lowest BCUT2D eigenvalue weighted by atomic mass is 10.2. The number of rotatable bonds is 1. The molecule has 0 saturated carbocycles. The minimum Gasteiger partial charge on any atom is -0.231 e. The predicted octanol–water partition coefficient (Wildman–Crippen LogP) is 0.926. The molecular weight excluding hydrogens is 178 g/mol. The summed E-state index contributed by atoms with van der Waals surface area (Å²) < 4.78 is 3.57. The summed E-state index contributed by atoms with van der Waals surface area (Å²) in [7, 11) is 1.86. The van der Waals surface area contributed by atoms with Crippen LogP contribution in [0.3, 0.4) is 0 Å². The summed E-state index contributed by atoms with van der Waals surface area (Å²) >= 11 is 0. The van der Waals surface area contributed by atoms with Gasteiger partial charge in [0.1, 0.15) is 0 Å². The summed E-state index contributed by atoms with van der Waals surface area (Å²) in [6.07, 6.45) is 1.71. The first-order chi connectivity index (χ1) is 6.61. The van der Waals surface area contributed by atoms with E-state index in [9.17, 15) is 0 Å². The Morgan fingerprint density at radius 1 is 1.21 bits per heavy atom. The molecule has 0 amide bonds. The fourth-order valence-corrected chi connectivity index (χ4v) is 1.42. The third-order valence-corrected chi connectivity index (χ3v) is 2.56. The van der Waals surface area contributed by atoms with Crippen LogP contribution in [0.5, 0.6) is 0 Å². The summed E-state index contributed by atoms with van der Waals surface area (Å²) in [6.45, 7) is 6.11. The fraction of sp³-hybridized carbons (Fsp3) is 0.444.